The summed E-state index contributed by atoms with van der Waals surface area (Å²) in [7, 11) is 0. The summed E-state index contributed by atoms with van der Waals surface area (Å²) in [6.45, 7) is 2.59. The SMILES string of the molecule is Cc1ccc(CN(Cc2ccco2)C(=O)COc2ccccc2F)s1. The van der Waals surface area contributed by atoms with Gasteiger partial charge in [-0.05, 0) is 43.3 Å². The van der Waals surface area contributed by atoms with Crippen LogP contribution in [0, 0.1) is 12.7 Å². The highest BCUT2D eigenvalue weighted by Gasteiger charge is 2.18. The largest absolute Gasteiger partial charge is 0.481 e. The highest BCUT2D eigenvalue weighted by molar-refractivity contribution is 7.11. The molecule has 130 valence electrons. The van der Waals surface area contributed by atoms with Crippen molar-refractivity contribution in [1.29, 1.82) is 0 Å². The quantitative estimate of drug-likeness (QED) is 0.628. The predicted molar refractivity (Wildman–Crippen MR) is 93.9 cm³/mol. The molecular weight excluding hydrogens is 341 g/mol. The van der Waals surface area contributed by atoms with Crippen molar-refractivity contribution in [3.05, 3.63) is 76.1 Å². The summed E-state index contributed by atoms with van der Waals surface area (Å²) in [6, 6.07) is 13.7. The van der Waals surface area contributed by atoms with Crippen LogP contribution < -0.4 is 4.74 Å². The van der Waals surface area contributed by atoms with E-state index < -0.39 is 5.82 Å². The summed E-state index contributed by atoms with van der Waals surface area (Å²) in [6.07, 6.45) is 1.57. The van der Waals surface area contributed by atoms with Gasteiger partial charge in [0.05, 0.1) is 19.4 Å². The molecule has 0 unspecified atom stereocenters. The van der Waals surface area contributed by atoms with E-state index in [4.69, 9.17) is 9.15 Å². The lowest BCUT2D eigenvalue weighted by Gasteiger charge is -2.21. The van der Waals surface area contributed by atoms with E-state index in [1.807, 2.05) is 25.1 Å². The van der Waals surface area contributed by atoms with E-state index in [-0.39, 0.29) is 18.3 Å². The second kappa shape index (κ2) is 7.98. The molecule has 0 radical (unpaired) electrons. The third-order valence-electron chi connectivity index (χ3n) is 3.61. The lowest BCUT2D eigenvalue weighted by atomic mass is 10.3. The number of para-hydroxylation sites is 1. The van der Waals surface area contributed by atoms with Crippen molar-refractivity contribution >= 4 is 17.2 Å². The molecule has 4 nitrogen and oxygen atoms in total. The van der Waals surface area contributed by atoms with Crippen molar-refractivity contribution in [2.45, 2.75) is 20.0 Å². The highest BCUT2D eigenvalue weighted by Crippen LogP contribution is 2.20. The van der Waals surface area contributed by atoms with Crippen molar-refractivity contribution in [1.82, 2.24) is 4.90 Å². The fourth-order valence-corrected chi connectivity index (χ4v) is 3.28. The summed E-state index contributed by atoms with van der Waals surface area (Å²) in [5.41, 5.74) is 0. The number of amides is 1. The van der Waals surface area contributed by atoms with Gasteiger partial charge in [0.1, 0.15) is 5.76 Å². The molecule has 0 bridgehead atoms. The summed E-state index contributed by atoms with van der Waals surface area (Å²) in [4.78, 5) is 16.5. The van der Waals surface area contributed by atoms with Crippen molar-refractivity contribution in [3.8, 4) is 5.75 Å². The van der Waals surface area contributed by atoms with Gasteiger partial charge < -0.3 is 14.1 Å². The molecule has 3 rings (SSSR count). The molecule has 0 aliphatic heterocycles. The van der Waals surface area contributed by atoms with Crippen LogP contribution in [0.15, 0.2) is 59.2 Å². The molecule has 0 saturated heterocycles. The van der Waals surface area contributed by atoms with Crippen LogP contribution in [0.5, 0.6) is 5.75 Å². The Morgan fingerprint density at radius 1 is 1.16 bits per heavy atom. The first-order valence-electron chi connectivity index (χ1n) is 7.84. The molecule has 1 amide bonds. The molecule has 0 spiro atoms. The second-order valence-corrected chi connectivity index (χ2v) is 6.93. The molecule has 0 fully saturated rings. The van der Waals surface area contributed by atoms with E-state index in [1.165, 1.54) is 17.0 Å². The van der Waals surface area contributed by atoms with Crippen molar-refractivity contribution < 1.29 is 18.3 Å². The maximum atomic E-state index is 13.6. The average molecular weight is 359 g/mol. The fraction of sp³-hybridized carbons (Fsp3) is 0.211. The number of thiophene rings is 1. The molecule has 2 aromatic heterocycles. The van der Waals surface area contributed by atoms with Crippen LogP contribution in [0.3, 0.4) is 0 Å². The number of benzene rings is 1. The van der Waals surface area contributed by atoms with Gasteiger partial charge in [-0.1, -0.05) is 12.1 Å². The number of hydrogen-bond donors (Lipinski definition) is 0. The van der Waals surface area contributed by atoms with Crippen molar-refractivity contribution in [2.24, 2.45) is 0 Å². The fourth-order valence-electron chi connectivity index (χ4n) is 2.37. The normalized spacial score (nSPS) is 10.6. The summed E-state index contributed by atoms with van der Waals surface area (Å²) < 4.78 is 24.3. The molecule has 0 aliphatic carbocycles. The summed E-state index contributed by atoms with van der Waals surface area (Å²) >= 11 is 1.64. The number of furan rings is 1. The van der Waals surface area contributed by atoms with E-state index in [0.29, 0.717) is 18.8 Å². The number of carbonyl (C=O) groups excluding carboxylic acids is 1. The zero-order valence-electron chi connectivity index (χ0n) is 13.8. The Hall–Kier alpha value is -2.60. The van der Waals surface area contributed by atoms with Crippen molar-refractivity contribution in [2.75, 3.05) is 6.61 Å². The second-order valence-electron chi connectivity index (χ2n) is 5.56. The predicted octanol–water partition coefficient (Wildman–Crippen LogP) is 4.40. The molecule has 2 heterocycles. The van der Waals surface area contributed by atoms with Gasteiger partial charge >= 0.3 is 0 Å². The van der Waals surface area contributed by atoms with E-state index in [1.54, 1.807) is 40.7 Å². The minimum absolute atomic E-state index is 0.0702. The van der Waals surface area contributed by atoms with Gasteiger partial charge in [0, 0.05) is 9.75 Å². The van der Waals surface area contributed by atoms with Gasteiger partial charge in [-0.2, -0.15) is 0 Å². The monoisotopic (exact) mass is 359 g/mol. The van der Waals surface area contributed by atoms with Gasteiger partial charge in [-0.25, -0.2) is 4.39 Å². The lowest BCUT2D eigenvalue weighted by Crippen LogP contribution is -2.33. The smallest absolute Gasteiger partial charge is 0.261 e. The first kappa shape index (κ1) is 17.2. The van der Waals surface area contributed by atoms with Gasteiger partial charge in [-0.15, -0.1) is 11.3 Å². The van der Waals surface area contributed by atoms with Crippen LogP contribution in [0.4, 0.5) is 4.39 Å². The topological polar surface area (TPSA) is 42.7 Å². The average Bonchev–Trinajstić information content (AvgIpc) is 3.25. The molecule has 6 heteroatoms. The zero-order valence-corrected chi connectivity index (χ0v) is 14.6. The van der Waals surface area contributed by atoms with E-state index >= 15 is 0 Å². The Balaban J connectivity index is 1.68. The van der Waals surface area contributed by atoms with Crippen LogP contribution in [0.2, 0.25) is 0 Å². The van der Waals surface area contributed by atoms with Gasteiger partial charge in [-0.3, -0.25) is 4.79 Å². The minimum Gasteiger partial charge on any atom is -0.481 e. The van der Waals surface area contributed by atoms with Crippen LogP contribution >= 0.6 is 11.3 Å². The van der Waals surface area contributed by atoms with Crippen LogP contribution in [-0.4, -0.2) is 17.4 Å². The third kappa shape index (κ3) is 4.70. The van der Waals surface area contributed by atoms with Gasteiger partial charge in [0.15, 0.2) is 18.2 Å². The Morgan fingerprint density at radius 2 is 2.00 bits per heavy atom. The van der Waals surface area contributed by atoms with Gasteiger partial charge in [0.25, 0.3) is 5.91 Å². The molecule has 0 saturated carbocycles. The van der Waals surface area contributed by atoms with Crippen LogP contribution in [0.25, 0.3) is 0 Å². The van der Waals surface area contributed by atoms with Crippen LogP contribution in [-0.2, 0) is 17.9 Å². The lowest BCUT2D eigenvalue weighted by molar-refractivity contribution is -0.134. The maximum Gasteiger partial charge on any atom is 0.261 e. The summed E-state index contributed by atoms with van der Waals surface area (Å²) in [5.74, 6) is 0.0424. The molecule has 0 aliphatic rings. The number of halogens is 1. The molecule has 3 aromatic rings. The van der Waals surface area contributed by atoms with E-state index in [9.17, 15) is 9.18 Å². The highest BCUT2D eigenvalue weighted by atomic mass is 32.1. The maximum absolute atomic E-state index is 13.6. The van der Waals surface area contributed by atoms with E-state index in [2.05, 4.69) is 0 Å². The number of aryl methyl sites for hydroxylation is 1. The first-order valence-corrected chi connectivity index (χ1v) is 8.66. The Kier molecular flexibility index (Phi) is 5.50. The number of hydrogen-bond acceptors (Lipinski definition) is 4. The Bertz CT molecular complexity index is 829. The first-order chi connectivity index (χ1) is 12.1. The standard InChI is InChI=1S/C19H18FNO3S/c1-14-8-9-16(25-14)12-21(11-15-5-4-10-23-15)19(22)13-24-18-7-3-2-6-17(18)20/h2-10H,11-13H2,1H3. The van der Waals surface area contributed by atoms with Crippen LogP contribution in [0.1, 0.15) is 15.5 Å². The number of rotatable bonds is 7. The third-order valence-corrected chi connectivity index (χ3v) is 4.60. The summed E-state index contributed by atoms with van der Waals surface area (Å²) in [5, 5.41) is 0. The Labute approximate surface area is 149 Å². The molecule has 0 atom stereocenters. The van der Waals surface area contributed by atoms with Gasteiger partial charge in [0.2, 0.25) is 0 Å². The van der Waals surface area contributed by atoms with E-state index in [0.717, 1.165) is 4.88 Å². The molecular formula is C19H18FNO3S. The Morgan fingerprint density at radius 3 is 2.68 bits per heavy atom. The number of nitrogens with zero attached hydrogens (tertiary/aromatic N) is 1. The zero-order chi connectivity index (χ0) is 17.6. The minimum atomic E-state index is -0.484. The number of carbonyl (C=O) groups is 1. The number of ether oxygens (including phenoxy) is 1. The molecule has 25 heavy (non-hydrogen) atoms. The van der Waals surface area contributed by atoms with Crippen molar-refractivity contribution in [3.63, 3.8) is 0 Å². The molecule has 1 aromatic carbocycles. The molecule has 0 N–H and O–H groups in total.